The Labute approximate surface area is 104 Å². The Bertz CT molecular complexity index is 580. The van der Waals surface area contributed by atoms with Crippen molar-refractivity contribution >= 4 is 21.4 Å². The van der Waals surface area contributed by atoms with E-state index < -0.39 is 14.9 Å². The third kappa shape index (κ3) is 3.10. The van der Waals surface area contributed by atoms with E-state index >= 15 is 0 Å². The molecule has 1 fully saturated rings. The van der Waals surface area contributed by atoms with E-state index in [9.17, 15) is 18.5 Å². The van der Waals surface area contributed by atoms with Gasteiger partial charge in [-0.3, -0.25) is 14.8 Å². The van der Waals surface area contributed by atoms with Crippen molar-refractivity contribution in [1.82, 2.24) is 0 Å². The number of hydrogen-bond donors (Lipinski definition) is 1. The third-order valence-electron chi connectivity index (χ3n) is 2.31. The maximum Gasteiger partial charge on any atom is 0.297 e. The fourth-order valence-electron chi connectivity index (χ4n) is 1.42. The topological polar surface area (TPSA) is 98.5 Å². The Balaban J connectivity index is 2.43. The summed E-state index contributed by atoms with van der Waals surface area (Å²) in [5, 5.41) is 10.9. The molecule has 98 valence electrons. The van der Waals surface area contributed by atoms with Crippen molar-refractivity contribution in [3.05, 3.63) is 28.3 Å². The zero-order chi connectivity index (χ0) is 13.3. The molecule has 0 saturated heterocycles. The minimum atomic E-state index is -3.61. The number of nitrogens with zero attached hydrogens (tertiary/aromatic N) is 1. The second kappa shape index (κ2) is 4.45. The fraction of sp³-hybridized carbons (Fsp3) is 0.400. The van der Waals surface area contributed by atoms with Crippen LogP contribution in [0.3, 0.4) is 0 Å². The highest BCUT2D eigenvalue weighted by Gasteiger charge is 2.28. The molecule has 0 heterocycles. The lowest BCUT2D eigenvalue weighted by Gasteiger charge is -2.11. The van der Waals surface area contributed by atoms with Crippen molar-refractivity contribution in [3.8, 4) is 5.75 Å². The number of ether oxygens (including phenoxy) is 1. The molecule has 8 heteroatoms. The molecule has 1 aromatic carbocycles. The Hall–Kier alpha value is -1.83. The van der Waals surface area contributed by atoms with Crippen LogP contribution in [0.5, 0.6) is 5.75 Å². The maximum atomic E-state index is 11.2. The summed E-state index contributed by atoms with van der Waals surface area (Å²) < 4.78 is 30.1. The van der Waals surface area contributed by atoms with E-state index in [0.29, 0.717) is 0 Å². The molecule has 0 amide bonds. The average Bonchev–Trinajstić information content (AvgIpc) is 3.02. The van der Waals surface area contributed by atoms with Crippen molar-refractivity contribution in [2.45, 2.75) is 18.9 Å². The standard InChI is InChI=1S/C10H12N2O5S/c1-18(15,16)11-10-8(12(13)14)3-2-4-9(10)17-7-5-6-7/h2-4,7,11H,5-6H2,1H3. The summed E-state index contributed by atoms with van der Waals surface area (Å²) in [5.41, 5.74) is -0.435. The summed E-state index contributed by atoms with van der Waals surface area (Å²) in [6.45, 7) is 0. The number of nitrogens with one attached hydrogen (secondary N) is 1. The first-order valence-electron chi connectivity index (χ1n) is 5.28. The highest BCUT2D eigenvalue weighted by atomic mass is 32.2. The van der Waals surface area contributed by atoms with Gasteiger partial charge in [0.05, 0.1) is 17.3 Å². The van der Waals surface area contributed by atoms with Crippen molar-refractivity contribution in [3.63, 3.8) is 0 Å². The molecule has 0 spiro atoms. The highest BCUT2D eigenvalue weighted by Crippen LogP contribution is 2.38. The van der Waals surface area contributed by atoms with Gasteiger partial charge in [0.15, 0.2) is 11.4 Å². The summed E-state index contributed by atoms with van der Waals surface area (Å²) in [7, 11) is -3.61. The van der Waals surface area contributed by atoms with Crippen LogP contribution in [-0.2, 0) is 10.0 Å². The van der Waals surface area contributed by atoms with Gasteiger partial charge in [0.1, 0.15) is 0 Å². The van der Waals surface area contributed by atoms with E-state index in [1.165, 1.54) is 18.2 Å². The lowest BCUT2D eigenvalue weighted by Crippen LogP contribution is -2.13. The fourth-order valence-corrected chi connectivity index (χ4v) is 2.00. The van der Waals surface area contributed by atoms with Crippen molar-refractivity contribution < 1.29 is 18.1 Å². The van der Waals surface area contributed by atoms with Crippen LogP contribution in [0.2, 0.25) is 0 Å². The number of rotatable bonds is 5. The summed E-state index contributed by atoms with van der Waals surface area (Å²) in [6, 6.07) is 4.20. The number of para-hydroxylation sites is 1. The first-order chi connectivity index (χ1) is 8.37. The predicted molar refractivity (Wildman–Crippen MR) is 65.2 cm³/mol. The normalized spacial score (nSPS) is 15.2. The van der Waals surface area contributed by atoms with Gasteiger partial charge in [0.2, 0.25) is 10.0 Å². The van der Waals surface area contributed by atoms with Crippen LogP contribution in [-0.4, -0.2) is 25.7 Å². The minimum Gasteiger partial charge on any atom is -0.488 e. The number of nitro groups is 1. The quantitative estimate of drug-likeness (QED) is 0.647. The van der Waals surface area contributed by atoms with E-state index in [-0.39, 0.29) is 23.2 Å². The summed E-state index contributed by atoms with van der Waals surface area (Å²) in [5.74, 6) is 0.192. The van der Waals surface area contributed by atoms with Gasteiger partial charge in [-0.05, 0) is 18.9 Å². The van der Waals surface area contributed by atoms with Crippen LogP contribution < -0.4 is 9.46 Å². The monoisotopic (exact) mass is 272 g/mol. The Morgan fingerprint density at radius 3 is 2.61 bits per heavy atom. The summed E-state index contributed by atoms with van der Waals surface area (Å²) in [6.07, 6.45) is 2.71. The predicted octanol–water partition coefficient (Wildman–Crippen LogP) is 1.51. The SMILES string of the molecule is CS(=O)(=O)Nc1c(OC2CC2)cccc1[N+](=O)[O-]. The number of sulfonamides is 1. The lowest BCUT2D eigenvalue weighted by atomic mass is 10.2. The number of nitro benzene ring substituents is 1. The molecule has 0 atom stereocenters. The first kappa shape index (κ1) is 12.6. The van der Waals surface area contributed by atoms with Crippen molar-refractivity contribution in [1.29, 1.82) is 0 Å². The van der Waals surface area contributed by atoms with E-state index in [4.69, 9.17) is 4.74 Å². The molecule has 0 bridgehead atoms. The Morgan fingerprint density at radius 2 is 2.11 bits per heavy atom. The Kier molecular flexibility index (Phi) is 3.12. The van der Waals surface area contributed by atoms with Crippen LogP contribution in [0, 0.1) is 10.1 Å². The molecule has 1 saturated carbocycles. The van der Waals surface area contributed by atoms with Gasteiger partial charge in [0.25, 0.3) is 5.69 Å². The molecule has 7 nitrogen and oxygen atoms in total. The zero-order valence-corrected chi connectivity index (χ0v) is 10.4. The van der Waals surface area contributed by atoms with Crippen LogP contribution in [0.15, 0.2) is 18.2 Å². The van der Waals surface area contributed by atoms with Gasteiger partial charge >= 0.3 is 0 Å². The number of benzene rings is 1. The van der Waals surface area contributed by atoms with Gasteiger partial charge in [-0.2, -0.15) is 0 Å². The molecule has 1 N–H and O–H groups in total. The maximum absolute atomic E-state index is 11.2. The smallest absolute Gasteiger partial charge is 0.297 e. The van der Waals surface area contributed by atoms with Crippen molar-refractivity contribution in [2.24, 2.45) is 0 Å². The molecule has 1 aliphatic rings. The molecular formula is C10H12N2O5S. The van der Waals surface area contributed by atoms with E-state index in [0.717, 1.165) is 19.1 Å². The second-order valence-corrected chi connectivity index (χ2v) is 5.85. The molecule has 1 aromatic rings. The number of anilines is 1. The van der Waals surface area contributed by atoms with Crippen LogP contribution in [0.4, 0.5) is 11.4 Å². The molecule has 0 aliphatic heterocycles. The van der Waals surface area contributed by atoms with Crippen LogP contribution in [0.1, 0.15) is 12.8 Å². The molecule has 0 aromatic heterocycles. The summed E-state index contributed by atoms with van der Waals surface area (Å²) >= 11 is 0. The van der Waals surface area contributed by atoms with Gasteiger partial charge in [-0.1, -0.05) is 6.07 Å². The molecular weight excluding hydrogens is 260 g/mol. The van der Waals surface area contributed by atoms with Crippen LogP contribution in [0.25, 0.3) is 0 Å². The van der Waals surface area contributed by atoms with Crippen LogP contribution >= 0.6 is 0 Å². The van der Waals surface area contributed by atoms with E-state index in [2.05, 4.69) is 4.72 Å². The number of hydrogen-bond acceptors (Lipinski definition) is 5. The Morgan fingerprint density at radius 1 is 1.44 bits per heavy atom. The molecule has 0 unspecified atom stereocenters. The highest BCUT2D eigenvalue weighted by molar-refractivity contribution is 7.92. The van der Waals surface area contributed by atoms with Gasteiger partial charge in [-0.25, -0.2) is 8.42 Å². The molecule has 1 aliphatic carbocycles. The zero-order valence-electron chi connectivity index (χ0n) is 9.62. The van der Waals surface area contributed by atoms with E-state index in [1.54, 1.807) is 0 Å². The third-order valence-corrected chi connectivity index (χ3v) is 2.88. The molecule has 18 heavy (non-hydrogen) atoms. The van der Waals surface area contributed by atoms with Gasteiger partial charge in [-0.15, -0.1) is 0 Å². The largest absolute Gasteiger partial charge is 0.488 e. The second-order valence-electron chi connectivity index (χ2n) is 4.10. The molecule has 0 radical (unpaired) electrons. The first-order valence-corrected chi connectivity index (χ1v) is 7.18. The lowest BCUT2D eigenvalue weighted by molar-refractivity contribution is -0.384. The van der Waals surface area contributed by atoms with E-state index in [1.807, 2.05) is 0 Å². The average molecular weight is 272 g/mol. The van der Waals surface area contributed by atoms with Gasteiger partial charge < -0.3 is 4.74 Å². The molecule has 2 rings (SSSR count). The minimum absolute atomic E-state index is 0.0205. The van der Waals surface area contributed by atoms with Gasteiger partial charge in [0, 0.05) is 6.07 Å². The summed E-state index contributed by atoms with van der Waals surface area (Å²) in [4.78, 5) is 10.2. The van der Waals surface area contributed by atoms with Crippen molar-refractivity contribution in [2.75, 3.05) is 11.0 Å².